The minimum absolute atomic E-state index is 0.0578. The van der Waals surface area contributed by atoms with Crippen molar-refractivity contribution < 1.29 is 5.11 Å². The van der Waals surface area contributed by atoms with Gasteiger partial charge in [-0.05, 0) is 24.8 Å². The number of aliphatic hydroxyl groups is 1. The molecule has 19 heavy (non-hydrogen) atoms. The normalized spacial score (nSPS) is 16.1. The summed E-state index contributed by atoms with van der Waals surface area (Å²) < 4.78 is 0. The van der Waals surface area contributed by atoms with Crippen LogP contribution in [0.25, 0.3) is 0 Å². The molecule has 0 heterocycles. The average molecular weight is 263 g/mol. The molecular formula is C17H29NO. The number of hydrogen-bond acceptors (Lipinski definition) is 2. The molecule has 0 saturated heterocycles. The van der Waals surface area contributed by atoms with Crippen LogP contribution >= 0.6 is 0 Å². The number of nitrogens with two attached hydrogens (primary N) is 1. The molecule has 3 unspecified atom stereocenters. The van der Waals surface area contributed by atoms with Crippen LogP contribution in [-0.4, -0.2) is 17.8 Å². The third-order valence-corrected chi connectivity index (χ3v) is 4.11. The summed E-state index contributed by atoms with van der Waals surface area (Å²) in [6.07, 6.45) is 4.14. The van der Waals surface area contributed by atoms with Crippen molar-refractivity contribution in [3.8, 4) is 0 Å². The second-order valence-electron chi connectivity index (χ2n) is 5.55. The van der Waals surface area contributed by atoms with E-state index in [2.05, 4.69) is 45.0 Å². The molecule has 1 aromatic carbocycles. The fraction of sp³-hybridized carbons (Fsp3) is 0.647. The van der Waals surface area contributed by atoms with Crippen molar-refractivity contribution in [2.75, 3.05) is 6.54 Å². The minimum atomic E-state index is -0.329. The maximum Gasteiger partial charge on any atom is 0.0648 e. The Balaban J connectivity index is 2.79. The van der Waals surface area contributed by atoms with Crippen LogP contribution in [0.3, 0.4) is 0 Å². The smallest absolute Gasteiger partial charge is 0.0648 e. The monoisotopic (exact) mass is 263 g/mol. The molecule has 1 rings (SSSR count). The number of unbranched alkanes of at least 4 members (excludes halogenated alkanes) is 1. The van der Waals surface area contributed by atoms with Crippen molar-refractivity contribution in [1.82, 2.24) is 0 Å². The van der Waals surface area contributed by atoms with Gasteiger partial charge in [0.25, 0.3) is 0 Å². The first kappa shape index (κ1) is 16.2. The van der Waals surface area contributed by atoms with Gasteiger partial charge < -0.3 is 10.8 Å². The van der Waals surface area contributed by atoms with Crippen molar-refractivity contribution in [2.45, 2.75) is 58.5 Å². The van der Waals surface area contributed by atoms with Crippen LogP contribution in [0, 0.1) is 12.8 Å². The lowest BCUT2D eigenvalue weighted by Gasteiger charge is -2.29. The molecule has 0 bridgehead atoms. The summed E-state index contributed by atoms with van der Waals surface area (Å²) in [5, 5.41) is 10.6. The van der Waals surface area contributed by atoms with Crippen LogP contribution in [0.2, 0.25) is 0 Å². The SMILES string of the molecule is CCCCC(CC)C(O)C(CN)c1ccc(C)cc1. The van der Waals surface area contributed by atoms with Crippen molar-refractivity contribution in [2.24, 2.45) is 11.7 Å². The van der Waals surface area contributed by atoms with Gasteiger partial charge in [-0.3, -0.25) is 0 Å². The van der Waals surface area contributed by atoms with Gasteiger partial charge in [0.15, 0.2) is 0 Å². The number of aliphatic hydroxyl groups excluding tert-OH is 1. The highest BCUT2D eigenvalue weighted by molar-refractivity contribution is 5.25. The molecule has 0 fully saturated rings. The summed E-state index contributed by atoms with van der Waals surface area (Å²) in [6.45, 7) is 6.94. The molecule has 0 aromatic heterocycles. The molecular weight excluding hydrogens is 234 g/mol. The Morgan fingerprint density at radius 2 is 1.79 bits per heavy atom. The Kier molecular flexibility index (Phi) is 7.11. The van der Waals surface area contributed by atoms with E-state index in [0.29, 0.717) is 12.5 Å². The molecule has 2 heteroatoms. The lowest BCUT2D eigenvalue weighted by atomic mass is 9.82. The Bertz CT molecular complexity index is 347. The van der Waals surface area contributed by atoms with Gasteiger partial charge in [-0.1, -0.05) is 62.9 Å². The third kappa shape index (κ3) is 4.63. The van der Waals surface area contributed by atoms with E-state index in [9.17, 15) is 5.11 Å². The molecule has 3 N–H and O–H groups in total. The maximum atomic E-state index is 10.6. The molecule has 0 amide bonds. The average Bonchev–Trinajstić information content (AvgIpc) is 2.42. The van der Waals surface area contributed by atoms with Crippen LogP contribution < -0.4 is 5.73 Å². The number of hydrogen-bond donors (Lipinski definition) is 2. The Morgan fingerprint density at radius 1 is 1.16 bits per heavy atom. The number of benzene rings is 1. The zero-order valence-electron chi connectivity index (χ0n) is 12.6. The van der Waals surface area contributed by atoms with E-state index in [1.54, 1.807) is 0 Å². The number of aryl methyl sites for hydroxylation is 1. The number of rotatable bonds is 8. The summed E-state index contributed by atoms with van der Waals surface area (Å²) in [4.78, 5) is 0. The van der Waals surface area contributed by atoms with Crippen LogP contribution in [0.15, 0.2) is 24.3 Å². The van der Waals surface area contributed by atoms with Gasteiger partial charge in [0.1, 0.15) is 0 Å². The summed E-state index contributed by atoms with van der Waals surface area (Å²) in [6, 6.07) is 8.39. The summed E-state index contributed by atoms with van der Waals surface area (Å²) in [5.41, 5.74) is 8.31. The zero-order valence-corrected chi connectivity index (χ0v) is 12.6. The van der Waals surface area contributed by atoms with Crippen molar-refractivity contribution >= 4 is 0 Å². The predicted molar refractivity (Wildman–Crippen MR) is 82.3 cm³/mol. The molecule has 0 radical (unpaired) electrons. The van der Waals surface area contributed by atoms with E-state index in [0.717, 1.165) is 18.4 Å². The fourth-order valence-electron chi connectivity index (χ4n) is 2.70. The van der Waals surface area contributed by atoms with E-state index in [1.807, 2.05) is 0 Å². The Hall–Kier alpha value is -0.860. The Morgan fingerprint density at radius 3 is 2.26 bits per heavy atom. The van der Waals surface area contributed by atoms with E-state index in [4.69, 9.17) is 5.73 Å². The van der Waals surface area contributed by atoms with Crippen molar-refractivity contribution in [3.05, 3.63) is 35.4 Å². The van der Waals surface area contributed by atoms with E-state index in [-0.39, 0.29) is 12.0 Å². The lowest BCUT2D eigenvalue weighted by Crippen LogP contribution is -2.32. The molecule has 3 atom stereocenters. The highest BCUT2D eigenvalue weighted by Crippen LogP contribution is 2.28. The standard InChI is InChI=1S/C17H29NO/c1-4-6-7-14(5-2)17(19)16(12-18)15-10-8-13(3)9-11-15/h8-11,14,16-17,19H,4-7,12,18H2,1-3H3. The molecule has 0 aliphatic heterocycles. The topological polar surface area (TPSA) is 46.2 Å². The van der Waals surface area contributed by atoms with E-state index >= 15 is 0 Å². The second-order valence-corrected chi connectivity index (χ2v) is 5.55. The fourth-order valence-corrected chi connectivity index (χ4v) is 2.70. The third-order valence-electron chi connectivity index (χ3n) is 4.11. The lowest BCUT2D eigenvalue weighted by molar-refractivity contribution is 0.0743. The summed E-state index contributed by atoms with van der Waals surface area (Å²) in [5.74, 6) is 0.414. The first-order valence-electron chi connectivity index (χ1n) is 7.58. The predicted octanol–water partition coefficient (Wildman–Crippen LogP) is 3.61. The summed E-state index contributed by atoms with van der Waals surface area (Å²) in [7, 11) is 0. The van der Waals surface area contributed by atoms with Gasteiger partial charge in [0.2, 0.25) is 0 Å². The molecule has 108 valence electrons. The van der Waals surface area contributed by atoms with Crippen LogP contribution in [0.1, 0.15) is 56.6 Å². The van der Waals surface area contributed by atoms with Crippen LogP contribution in [0.5, 0.6) is 0 Å². The van der Waals surface area contributed by atoms with Crippen molar-refractivity contribution in [1.29, 1.82) is 0 Å². The van der Waals surface area contributed by atoms with Crippen molar-refractivity contribution in [3.63, 3.8) is 0 Å². The van der Waals surface area contributed by atoms with Gasteiger partial charge >= 0.3 is 0 Å². The van der Waals surface area contributed by atoms with Crippen LogP contribution in [0.4, 0.5) is 0 Å². The van der Waals surface area contributed by atoms with Gasteiger partial charge in [-0.25, -0.2) is 0 Å². The largest absolute Gasteiger partial charge is 0.392 e. The zero-order chi connectivity index (χ0) is 14.3. The Labute approximate surface area is 118 Å². The summed E-state index contributed by atoms with van der Waals surface area (Å²) >= 11 is 0. The van der Waals surface area contributed by atoms with Gasteiger partial charge in [-0.15, -0.1) is 0 Å². The molecule has 0 spiro atoms. The second kappa shape index (κ2) is 8.34. The van der Waals surface area contributed by atoms with E-state index in [1.165, 1.54) is 18.4 Å². The quantitative estimate of drug-likeness (QED) is 0.752. The first-order chi connectivity index (χ1) is 9.13. The highest BCUT2D eigenvalue weighted by atomic mass is 16.3. The van der Waals surface area contributed by atoms with Gasteiger partial charge in [0.05, 0.1) is 6.10 Å². The molecule has 0 aliphatic carbocycles. The molecule has 0 aliphatic rings. The van der Waals surface area contributed by atoms with Crippen LogP contribution in [-0.2, 0) is 0 Å². The van der Waals surface area contributed by atoms with E-state index < -0.39 is 0 Å². The maximum absolute atomic E-state index is 10.6. The highest BCUT2D eigenvalue weighted by Gasteiger charge is 2.26. The molecule has 1 aromatic rings. The van der Waals surface area contributed by atoms with Gasteiger partial charge in [-0.2, -0.15) is 0 Å². The minimum Gasteiger partial charge on any atom is -0.392 e. The first-order valence-corrected chi connectivity index (χ1v) is 7.58. The molecule has 0 saturated carbocycles. The van der Waals surface area contributed by atoms with Gasteiger partial charge in [0, 0.05) is 12.5 Å². The molecule has 2 nitrogen and oxygen atoms in total.